The van der Waals surface area contributed by atoms with E-state index in [4.69, 9.17) is 9.72 Å². The summed E-state index contributed by atoms with van der Waals surface area (Å²) in [5, 5.41) is 3.05. The molecule has 4 rings (SSSR count). The van der Waals surface area contributed by atoms with Gasteiger partial charge in [-0.2, -0.15) is 0 Å². The molecule has 3 heterocycles. The molecule has 27 heavy (non-hydrogen) atoms. The maximum atomic E-state index is 12.6. The molecule has 1 aromatic heterocycles. The van der Waals surface area contributed by atoms with Crippen LogP contribution in [0.3, 0.4) is 0 Å². The van der Waals surface area contributed by atoms with Crippen LogP contribution >= 0.6 is 0 Å². The minimum atomic E-state index is -0.0597. The number of aromatic nitrogens is 2. The third-order valence-corrected chi connectivity index (χ3v) is 5.43. The van der Waals surface area contributed by atoms with Crippen LogP contribution in [0.1, 0.15) is 40.9 Å². The average Bonchev–Trinajstić information content (AvgIpc) is 3.38. The summed E-state index contributed by atoms with van der Waals surface area (Å²) < 4.78 is 5.34. The second kappa shape index (κ2) is 7.64. The Kier molecular flexibility index (Phi) is 5.07. The number of benzene rings is 1. The van der Waals surface area contributed by atoms with E-state index in [2.05, 4.69) is 15.2 Å². The molecular formula is C21H26N4O2. The van der Waals surface area contributed by atoms with E-state index in [1.165, 1.54) is 12.8 Å². The summed E-state index contributed by atoms with van der Waals surface area (Å²) in [4.78, 5) is 24.4. The van der Waals surface area contributed by atoms with E-state index >= 15 is 0 Å². The van der Waals surface area contributed by atoms with Crippen LogP contribution in [0.4, 0.5) is 5.95 Å². The van der Waals surface area contributed by atoms with Crippen molar-refractivity contribution < 1.29 is 9.53 Å². The molecule has 6 nitrogen and oxygen atoms in total. The van der Waals surface area contributed by atoms with Gasteiger partial charge in [0.1, 0.15) is 0 Å². The molecule has 1 aromatic carbocycles. The highest BCUT2D eigenvalue weighted by Gasteiger charge is 2.21. The zero-order valence-electron chi connectivity index (χ0n) is 16.0. The van der Waals surface area contributed by atoms with Gasteiger partial charge in [-0.3, -0.25) is 4.79 Å². The normalized spacial score (nSPS) is 19.5. The third-order valence-electron chi connectivity index (χ3n) is 5.43. The number of carbonyl (C=O) groups is 1. The van der Waals surface area contributed by atoms with Gasteiger partial charge in [-0.15, -0.1) is 0 Å². The second-order valence-electron chi connectivity index (χ2n) is 7.39. The molecule has 2 saturated heterocycles. The Bertz CT molecular complexity index is 840. The van der Waals surface area contributed by atoms with Crippen LogP contribution in [-0.2, 0) is 4.74 Å². The predicted molar refractivity (Wildman–Crippen MR) is 105 cm³/mol. The van der Waals surface area contributed by atoms with Crippen molar-refractivity contribution in [1.29, 1.82) is 0 Å². The summed E-state index contributed by atoms with van der Waals surface area (Å²) in [5.41, 5.74) is 4.55. The highest BCUT2D eigenvalue weighted by molar-refractivity contribution is 5.95. The molecule has 1 unspecified atom stereocenters. The molecule has 2 fully saturated rings. The van der Waals surface area contributed by atoms with E-state index < -0.39 is 0 Å². The van der Waals surface area contributed by atoms with Crippen LogP contribution in [0, 0.1) is 13.8 Å². The van der Waals surface area contributed by atoms with Gasteiger partial charge in [-0.05, 0) is 50.8 Å². The van der Waals surface area contributed by atoms with E-state index in [0.717, 1.165) is 48.0 Å². The van der Waals surface area contributed by atoms with Gasteiger partial charge in [0, 0.05) is 36.5 Å². The Morgan fingerprint density at radius 2 is 2.04 bits per heavy atom. The summed E-state index contributed by atoms with van der Waals surface area (Å²) in [5.74, 6) is 0.735. The summed E-state index contributed by atoms with van der Waals surface area (Å²) >= 11 is 0. The molecule has 0 bridgehead atoms. The van der Waals surface area contributed by atoms with Crippen molar-refractivity contribution in [1.82, 2.24) is 15.3 Å². The molecule has 2 aliphatic heterocycles. The molecular weight excluding hydrogens is 340 g/mol. The van der Waals surface area contributed by atoms with E-state index in [1.807, 2.05) is 38.1 Å². The van der Waals surface area contributed by atoms with E-state index in [0.29, 0.717) is 18.8 Å². The van der Waals surface area contributed by atoms with Crippen LogP contribution in [0.15, 0.2) is 24.3 Å². The first-order valence-corrected chi connectivity index (χ1v) is 9.71. The van der Waals surface area contributed by atoms with Crippen LogP contribution in [0.5, 0.6) is 0 Å². The Morgan fingerprint density at radius 3 is 2.78 bits per heavy atom. The summed E-state index contributed by atoms with van der Waals surface area (Å²) in [6.45, 7) is 7.39. The molecule has 2 aromatic rings. The van der Waals surface area contributed by atoms with Crippen molar-refractivity contribution in [2.24, 2.45) is 0 Å². The zero-order chi connectivity index (χ0) is 18.8. The fourth-order valence-corrected chi connectivity index (χ4v) is 3.68. The van der Waals surface area contributed by atoms with E-state index in [1.54, 1.807) is 0 Å². The van der Waals surface area contributed by atoms with Gasteiger partial charge >= 0.3 is 0 Å². The first kappa shape index (κ1) is 17.9. The fourth-order valence-electron chi connectivity index (χ4n) is 3.68. The number of ether oxygens (including phenoxy) is 1. The lowest BCUT2D eigenvalue weighted by molar-refractivity contribution is 0.0930. The molecule has 1 N–H and O–H groups in total. The predicted octanol–water partition coefficient (Wildman–Crippen LogP) is 2.88. The quantitative estimate of drug-likeness (QED) is 0.901. The lowest BCUT2D eigenvalue weighted by atomic mass is 10.0. The molecule has 1 atom stereocenters. The van der Waals surface area contributed by atoms with Crippen molar-refractivity contribution in [3.05, 3.63) is 41.1 Å². The SMILES string of the molecule is Cc1nc(N2CCCC2)nc(-c2cccc(C(=O)NC3CCOC3)c2)c1C. The molecule has 0 saturated carbocycles. The molecule has 6 heteroatoms. The van der Waals surface area contributed by atoms with Crippen molar-refractivity contribution in [2.45, 2.75) is 39.2 Å². The standard InChI is InChI=1S/C21H26N4O2/c1-14-15(2)22-21(25-9-3-4-10-25)24-19(14)16-6-5-7-17(12-16)20(26)23-18-8-11-27-13-18/h5-7,12,18H,3-4,8-11,13H2,1-2H3,(H,23,26). The molecule has 0 aliphatic carbocycles. The van der Waals surface area contributed by atoms with E-state index in [-0.39, 0.29) is 11.9 Å². The minimum absolute atomic E-state index is 0.0597. The monoisotopic (exact) mass is 366 g/mol. The number of anilines is 1. The van der Waals surface area contributed by atoms with Crippen LogP contribution in [-0.4, -0.2) is 48.2 Å². The Morgan fingerprint density at radius 1 is 1.22 bits per heavy atom. The largest absolute Gasteiger partial charge is 0.379 e. The number of nitrogens with one attached hydrogen (secondary N) is 1. The van der Waals surface area contributed by atoms with Crippen LogP contribution in [0.2, 0.25) is 0 Å². The van der Waals surface area contributed by atoms with Gasteiger partial charge in [0.05, 0.1) is 18.3 Å². The number of hydrogen-bond acceptors (Lipinski definition) is 5. The average molecular weight is 366 g/mol. The van der Waals surface area contributed by atoms with Crippen LogP contribution < -0.4 is 10.2 Å². The van der Waals surface area contributed by atoms with Gasteiger partial charge < -0.3 is 15.0 Å². The van der Waals surface area contributed by atoms with Gasteiger partial charge in [-0.25, -0.2) is 9.97 Å². The number of aryl methyl sites for hydroxylation is 1. The van der Waals surface area contributed by atoms with Crippen LogP contribution in [0.25, 0.3) is 11.3 Å². The maximum Gasteiger partial charge on any atom is 0.251 e. The van der Waals surface area contributed by atoms with Crippen molar-refractivity contribution >= 4 is 11.9 Å². The Hall–Kier alpha value is -2.47. The van der Waals surface area contributed by atoms with Crippen molar-refractivity contribution in [3.8, 4) is 11.3 Å². The Labute approximate surface area is 160 Å². The molecule has 0 radical (unpaired) electrons. The summed E-state index contributed by atoms with van der Waals surface area (Å²) in [6, 6.07) is 7.80. The number of nitrogens with zero attached hydrogens (tertiary/aromatic N) is 3. The van der Waals surface area contributed by atoms with Gasteiger partial charge in [0.15, 0.2) is 0 Å². The highest BCUT2D eigenvalue weighted by Crippen LogP contribution is 2.27. The lowest BCUT2D eigenvalue weighted by Crippen LogP contribution is -2.34. The maximum absolute atomic E-state index is 12.6. The molecule has 0 spiro atoms. The molecule has 1 amide bonds. The van der Waals surface area contributed by atoms with E-state index in [9.17, 15) is 4.79 Å². The Balaban J connectivity index is 1.63. The first-order chi connectivity index (χ1) is 13.1. The second-order valence-corrected chi connectivity index (χ2v) is 7.39. The number of amides is 1. The summed E-state index contributed by atoms with van der Waals surface area (Å²) in [6.07, 6.45) is 3.24. The highest BCUT2D eigenvalue weighted by atomic mass is 16.5. The first-order valence-electron chi connectivity index (χ1n) is 9.71. The lowest BCUT2D eigenvalue weighted by Gasteiger charge is -2.18. The minimum Gasteiger partial charge on any atom is -0.379 e. The fraction of sp³-hybridized carbons (Fsp3) is 0.476. The molecule has 142 valence electrons. The smallest absolute Gasteiger partial charge is 0.251 e. The molecule has 2 aliphatic rings. The topological polar surface area (TPSA) is 67.4 Å². The third kappa shape index (κ3) is 3.81. The van der Waals surface area contributed by atoms with Crippen molar-refractivity contribution in [2.75, 3.05) is 31.2 Å². The van der Waals surface area contributed by atoms with Gasteiger partial charge in [0.2, 0.25) is 5.95 Å². The van der Waals surface area contributed by atoms with Crippen molar-refractivity contribution in [3.63, 3.8) is 0 Å². The number of carbonyl (C=O) groups excluding carboxylic acids is 1. The number of rotatable bonds is 4. The van der Waals surface area contributed by atoms with Gasteiger partial charge in [0.25, 0.3) is 5.91 Å². The summed E-state index contributed by atoms with van der Waals surface area (Å²) in [7, 11) is 0. The van der Waals surface area contributed by atoms with Gasteiger partial charge in [-0.1, -0.05) is 12.1 Å². The number of hydrogen-bond donors (Lipinski definition) is 1. The zero-order valence-corrected chi connectivity index (χ0v) is 16.0.